The van der Waals surface area contributed by atoms with Gasteiger partial charge < -0.3 is 4.42 Å². The van der Waals surface area contributed by atoms with E-state index in [9.17, 15) is 21.6 Å². The molecule has 4 nitrogen and oxygen atoms in total. The Bertz CT molecular complexity index is 727. The number of furan rings is 1. The van der Waals surface area contributed by atoms with Crippen LogP contribution >= 0.6 is 15.9 Å². The van der Waals surface area contributed by atoms with E-state index in [4.69, 9.17) is 4.42 Å². The molecule has 0 fully saturated rings. The van der Waals surface area contributed by atoms with Crippen LogP contribution in [0.4, 0.5) is 13.2 Å². The van der Waals surface area contributed by atoms with Crippen molar-refractivity contribution in [3.63, 3.8) is 0 Å². The Morgan fingerprint density at radius 3 is 2.52 bits per heavy atom. The largest absolute Gasteiger partial charge is 0.468 e. The number of nitrogens with one attached hydrogen (secondary N) is 1. The second kappa shape index (κ2) is 5.82. The predicted octanol–water partition coefficient (Wildman–Crippen LogP) is 3.54. The molecular formula is C12H9BrF3NO3S. The molecule has 2 aromatic rings. The first-order valence-electron chi connectivity index (χ1n) is 5.59. The molecule has 0 aliphatic heterocycles. The normalized spacial score (nSPS) is 12.6. The first-order valence-corrected chi connectivity index (χ1v) is 7.86. The van der Waals surface area contributed by atoms with Gasteiger partial charge in [0.15, 0.2) is 0 Å². The van der Waals surface area contributed by atoms with Gasteiger partial charge in [0.05, 0.1) is 23.3 Å². The van der Waals surface area contributed by atoms with Gasteiger partial charge in [0.2, 0.25) is 10.0 Å². The maximum atomic E-state index is 12.8. The maximum Gasteiger partial charge on any atom is 0.417 e. The Labute approximate surface area is 127 Å². The summed E-state index contributed by atoms with van der Waals surface area (Å²) in [5.74, 6) is 0.353. The molecule has 1 aromatic heterocycles. The average Bonchev–Trinajstić information content (AvgIpc) is 2.88. The number of halogens is 4. The lowest BCUT2D eigenvalue weighted by atomic mass is 10.2. The van der Waals surface area contributed by atoms with Crippen LogP contribution in [0.5, 0.6) is 0 Å². The number of alkyl halides is 3. The molecule has 0 unspecified atom stereocenters. The first-order chi connectivity index (χ1) is 9.70. The monoisotopic (exact) mass is 383 g/mol. The molecule has 0 bridgehead atoms. The van der Waals surface area contributed by atoms with Crippen LogP contribution in [0.2, 0.25) is 0 Å². The number of hydrogen-bond acceptors (Lipinski definition) is 3. The van der Waals surface area contributed by atoms with E-state index in [2.05, 4.69) is 20.7 Å². The zero-order valence-electron chi connectivity index (χ0n) is 10.3. The molecule has 0 saturated heterocycles. The summed E-state index contributed by atoms with van der Waals surface area (Å²) in [6, 6.07) is 5.83. The maximum absolute atomic E-state index is 12.8. The lowest BCUT2D eigenvalue weighted by Crippen LogP contribution is -2.23. The molecule has 0 spiro atoms. The molecule has 0 radical (unpaired) electrons. The molecule has 0 aliphatic carbocycles. The van der Waals surface area contributed by atoms with Crippen LogP contribution in [0, 0.1) is 0 Å². The van der Waals surface area contributed by atoms with E-state index in [1.807, 2.05) is 0 Å². The quantitative estimate of drug-likeness (QED) is 0.878. The molecule has 114 valence electrons. The van der Waals surface area contributed by atoms with Gasteiger partial charge in [-0.25, -0.2) is 13.1 Å². The number of hydrogen-bond donors (Lipinski definition) is 1. The standard InChI is InChI=1S/C12H9BrF3NO3S/c13-11-4-3-9(6-10(11)12(14,15)16)21(18,19)17-7-8-2-1-5-20-8/h1-6,17H,7H2. The SMILES string of the molecule is O=S(=O)(NCc1ccco1)c1ccc(Br)c(C(F)(F)F)c1. The Morgan fingerprint density at radius 1 is 1.24 bits per heavy atom. The summed E-state index contributed by atoms with van der Waals surface area (Å²) >= 11 is 2.75. The summed E-state index contributed by atoms with van der Waals surface area (Å²) < 4.78 is 69.2. The molecule has 9 heteroatoms. The van der Waals surface area contributed by atoms with Gasteiger partial charge in [-0.05, 0) is 30.3 Å². The second-order valence-corrected chi connectivity index (χ2v) is 6.66. The smallest absolute Gasteiger partial charge is 0.417 e. The van der Waals surface area contributed by atoms with Crippen LogP contribution < -0.4 is 4.72 Å². The third-order valence-electron chi connectivity index (χ3n) is 2.57. The van der Waals surface area contributed by atoms with Crippen molar-refractivity contribution >= 4 is 26.0 Å². The number of benzene rings is 1. The van der Waals surface area contributed by atoms with Gasteiger partial charge in [0.25, 0.3) is 0 Å². The molecule has 21 heavy (non-hydrogen) atoms. The highest BCUT2D eigenvalue weighted by molar-refractivity contribution is 9.10. The molecule has 1 N–H and O–H groups in total. The molecular weight excluding hydrogens is 375 g/mol. The van der Waals surface area contributed by atoms with E-state index in [1.165, 1.54) is 6.26 Å². The van der Waals surface area contributed by atoms with Gasteiger partial charge >= 0.3 is 6.18 Å². The Morgan fingerprint density at radius 2 is 1.95 bits per heavy atom. The van der Waals surface area contributed by atoms with Crippen molar-refractivity contribution in [1.29, 1.82) is 0 Å². The zero-order chi connectivity index (χ0) is 15.7. The van der Waals surface area contributed by atoms with Crippen molar-refractivity contribution in [3.8, 4) is 0 Å². The topological polar surface area (TPSA) is 59.3 Å². The van der Waals surface area contributed by atoms with Crippen LogP contribution in [0.1, 0.15) is 11.3 Å². The highest BCUT2D eigenvalue weighted by Crippen LogP contribution is 2.36. The highest BCUT2D eigenvalue weighted by atomic mass is 79.9. The van der Waals surface area contributed by atoms with Crippen molar-refractivity contribution in [2.75, 3.05) is 0 Å². The molecule has 0 saturated carbocycles. The minimum absolute atomic E-state index is 0.146. The fourth-order valence-corrected chi connectivity index (χ4v) is 3.04. The van der Waals surface area contributed by atoms with Crippen molar-refractivity contribution in [3.05, 3.63) is 52.4 Å². The molecule has 1 heterocycles. The van der Waals surface area contributed by atoms with Gasteiger partial charge in [0, 0.05) is 4.47 Å². The van der Waals surface area contributed by atoms with E-state index < -0.39 is 26.7 Å². The van der Waals surface area contributed by atoms with Crippen molar-refractivity contribution in [1.82, 2.24) is 4.72 Å². The lowest BCUT2D eigenvalue weighted by molar-refractivity contribution is -0.138. The van der Waals surface area contributed by atoms with Crippen LogP contribution in [0.25, 0.3) is 0 Å². The highest BCUT2D eigenvalue weighted by Gasteiger charge is 2.34. The summed E-state index contributed by atoms with van der Waals surface area (Å²) in [7, 11) is -4.07. The van der Waals surface area contributed by atoms with E-state index in [-0.39, 0.29) is 11.0 Å². The first kappa shape index (κ1) is 16.1. The number of sulfonamides is 1. The fourth-order valence-electron chi connectivity index (χ4n) is 1.55. The van der Waals surface area contributed by atoms with E-state index >= 15 is 0 Å². The summed E-state index contributed by atoms with van der Waals surface area (Å²) in [6.45, 7) is -0.146. The second-order valence-electron chi connectivity index (χ2n) is 4.04. The molecule has 0 amide bonds. The van der Waals surface area contributed by atoms with Crippen molar-refractivity contribution < 1.29 is 26.0 Å². The molecule has 2 rings (SSSR count). The number of rotatable bonds is 4. The van der Waals surface area contributed by atoms with Crippen LogP contribution in [-0.2, 0) is 22.7 Å². The predicted molar refractivity (Wildman–Crippen MR) is 71.9 cm³/mol. The van der Waals surface area contributed by atoms with E-state index in [0.29, 0.717) is 11.8 Å². The van der Waals surface area contributed by atoms with E-state index in [1.54, 1.807) is 12.1 Å². The third-order valence-corrected chi connectivity index (χ3v) is 4.66. The van der Waals surface area contributed by atoms with Crippen LogP contribution in [0.15, 0.2) is 50.4 Å². The molecule has 1 aromatic carbocycles. The van der Waals surface area contributed by atoms with Gasteiger partial charge in [-0.1, -0.05) is 15.9 Å². The van der Waals surface area contributed by atoms with Gasteiger partial charge in [-0.2, -0.15) is 13.2 Å². The van der Waals surface area contributed by atoms with Crippen molar-refractivity contribution in [2.45, 2.75) is 17.6 Å². The Balaban J connectivity index is 2.28. The van der Waals surface area contributed by atoms with E-state index in [0.717, 1.165) is 12.1 Å². The molecule has 0 atom stereocenters. The van der Waals surface area contributed by atoms with Gasteiger partial charge in [-0.3, -0.25) is 0 Å². The van der Waals surface area contributed by atoms with Gasteiger partial charge in [-0.15, -0.1) is 0 Å². The summed E-state index contributed by atoms with van der Waals surface area (Å²) in [4.78, 5) is -0.468. The summed E-state index contributed by atoms with van der Waals surface area (Å²) in [5, 5.41) is 0. The average molecular weight is 384 g/mol. The van der Waals surface area contributed by atoms with Crippen LogP contribution in [-0.4, -0.2) is 8.42 Å². The van der Waals surface area contributed by atoms with Crippen LogP contribution in [0.3, 0.4) is 0 Å². The Hall–Kier alpha value is -1.32. The zero-order valence-corrected chi connectivity index (χ0v) is 12.7. The minimum Gasteiger partial charge on any atom is -0.468 e. The summed E-state index contributed by atoms with van der Waals surface area (Å²) in [5.41, 5.74) is -1.05. The summed E-state index contributed by atoms with van der Waals surface area (Å²) in [6.07, 6.45) is -3.28. The lowest BCUT2D eigenvalue weighted by Gasteiger charge is -2.11. The fraction of sp³-hybridized carbons (Fsp3) is 0.167. The van der Waals surface area contributed by atoms with Gasteiger partial charge in [0.1, 0.15) is 5.76 Å². The Kier molecular flexibility index (Phi) is 4.45. The molecule has 0 aliphatic rings. The van der Waals surface area contributed by atoms with Crippen molar-refractivity contribution in [2.24, 2.45) is 0 Å². The third kappa shape index (κ3) is 3.86. The minimum atomic E-state index is -4.65.